The molecule has 0 aromatic rings. The van der Waals surface area contributed by atoms with Crippen LogP contribution in [0, 0.1) is 5.92 Å². The Kier molecular flexibility index (Phi) is 2.01. The molecular weight excluding hydrogens is 136 g/mol. The van der Waals surface area contributed by atoms with Crippen LogP contribution in [0.3, 0.4) is 0 Å². The van der Waals surface area contributed by atoms with Gasteiger partial charge in [-0.3, -0.25) is 4.79 Å². The quantitative estimate of drug-likeness (QED) is 0.539. The zero-order valence-electron chi connectivity index (χ0n) is 5.37. The van der Waals surface area contributed by atoms with E-state index in [4.69, 9.17) is 9.84 Å². The topological polar surface area (TPSA) is 63.6 Å². The number of carbonyl (C=O) groups is 2. The average molecular weight is 144 g/mol. The van der Waals surface area contributed by atoms with E-state index in [0.29, 0.717) is 13.0 Å². The zero-order chi connectivity index (χ0) is 7.56. The molecule has 1 atom stereocenters. The maximum Gasteiger partial charge on any atom is 0.372 e. The molecular formula is C6H8O4. The van der Waals surface area contributed by atoms with Crippen LogP contribution in [0.4, 0.5) is 0 Å². The van der Waals surface area contributed by atoms with Crippen LogP contribution in [0.2, 0.25) is 0 Å². The maximum atomic E-state index is 10.7. The average Bonchev–Trinajstić information content (AvgIpc) is 2.36. The molecule has 0 aliphatic carbocycles. The van der Waals surface area contributed by atoms with E-state index in [0.717, 1.165) is 0 Å². The van der Waals surface area contributed by atoms with Gasteiger partial charge in [-0.2, -0.15) is 0 Å². The summed E-state index contributed by atoms with van der Waals surface area (Å²) in [6, 6.07) is 0. The number of ether oxygens (including phenoxy) is 1. The number of aliphatic carboxylic acids is 1. The maximum absolute atomic E-state index is 10.7. The number of carboxylic acids is 1. The molecule has 0 spiro atoms. The number of ketones is 1. The standard InChI is InChI=1S/C6H8O4/c7-5(6(8)9)4-1-2-10-3-4/h4H,1-3H2,(H,8,9). The van der Waals surface area contributed by atoms with Crippen LogP contribution in [0.5, 0.6) is 0 Å². The monoisotopic (exact) mass is 144 g/mol. The molecule has 0 aromatic heterocycles. The highest BCUT2D eigenvalue weighted by atomic mass is 16.5. The fourth-order valence-corrected chi connectivity index (χ4v) is 0.916. The Labute approximate surface area is 57.8 Å². The van der Waals surface area contributed by atoms with Gasteiger partial charge in [0.05, 0.1) is 12.5 Å². The van der Waals surface area contributed by atoms with Crippen molar-refractivity contribution < 1.29 is 19.4 Å². The zero-order valence-corrected chi connectivity index (χ0v) is 5.37. The number of hydrogen-bond acceptors (Lipinski definition) is 3. The minimum absolute atomic E-state index is 0.269. The van der Waals surface area contributed by atoms with Crippen molar-refractivity contribution in [3.8, 4) is 0 Å². The van der Waals surface area contributed by atoms with Gasteiger partial charge in [0.2, 0.25) is 5.78 Å². The van der Waals surface area contributed by atoms with Crippen molar-refractivity contribution in [3.05, 3.63) is 0 Å². The van der Waals surface area contributed by atoms with E-state index in [1.165, 1.54) is 0 Å². The Morgan fingerprint density at radius 2 is 2.20 bits per heavy atom. The van der Waals surface area contributed by atoms with Crippen LogP contribution in [0.25, 0.3) is 0 Å². The predicted molar refractivity (Wildman–Crippen MR) is 31.6 cm³/mol. The largest absolute Gasteiger partial charge is 0.475 e. The summed E-state index contributed by atoms with van der Waals surface area (Å²) < 4.78 is 4.84. The summed E-state index contributed by atoms with van der Waals surface area (Å²) in [5, 5.41) is 8.24. The van der Waals surface area contributed by atoms with Crippen molar-refractivity contribution in [3.63, 3.8) is 0 Å². The molecule has 0 bridgehead atoms. The van der Waals surface area contributed by atoms with E-state index in [2.05, 4.69) is 0 Å². The lowest BCUT2D eigenvalue weighted by atomic mass is 10.0. The molecule has 0 amide bonds. The lowest BCUT2D eigenvalue weighted by Gasteiger charge is -1.98. The Bertz CT molecular complexity index is 157. The van der Waals surface area contributed by atoms with Crippen molar-refractivity contribution in [1.82, 2.24) is 0 Å². The molecule has 1 aliphatic heterocycles. The molecule has 0 radical (unpaired) electrons. The van der Waals surface area contributed by atoms with Crippen molar-refractivity contribution in [2.75, 3.05) is 13.2 Å². The predicted octanol–water partition coefficient (Wildman–Crippen LogP) is -0.323. The van der Waals surface area contributed by atoms with Crippen LogP contribution in [0.15, 0.2) is 0 Å². The summed E-state index contributed by atoms with van der Waals surface area (Å²) in [7, 11) is 0. The second-order valence-electron chi connectivity index (χ2n) is 2.23. The highest BCUT2D eigenvalue weighted by molar-refractivity contribution is 6.33. The molecule has 0 saturated carbocycles. The van der Waals surface area contributed by atoms with Crippen molar-refractivity contribution in [1.29, 1.82) is 0 Å². The minimum Gasteiger partial charge on any atom is -0.475 e. The highest BCUT2D eigenvalue weighted by Gasteiger charge is 2.28. The molecule has 1 fully saturated rings. The van der Waals surface area contributed by atoms with Crippen molar-refractivity contribution >= 4 is 11.8 Å². The number of Topliss-reactive ketones (excluding diaryl/α,β-unsaturated/α-hetero) is 1. The summed E-state index contributed by atoms with van der Waals surface area (Å²) in [6.07, 6.45) is 0.547. The van der Waals surface area contributed by atoms with Crippen LogP contribution in [0.1, 0.15) is 6.42 Å². The molecule has 1 aliphatic rings. The summed E-state index contributed by atoms with van der Waals surface area (Å²) in [5.41, 5.74) is 0. The van der Waals surface area contributed by atoms with E-state index < -0.39 is 17.7 Å². The smallest absolute Gasteiger partial charge is 0.372 e. The highest BCUT2D eigenvalue weighted by Crippen LogP contribution is 2.12. The second kappa shape index (κ2) is 2.79. The fourth-order valence-electron chi connectivity index (χ4n) is 0.916. The van der Waals surface area contributed by atoms with E-state index >= 15 is 0 Å². The molecule has 1 N–H and O–H groups in total. The third kappa shape index (κ3) is 1.33. The van der Waals surface area contributed by atoms with Gasteiger partial charge in [0.15, 0.2) is 0 Å². The number of rotatable bonds is 2. The number of hydrogen-bond donors (Lipinski definition) is 1. The van der Waals surface area contributed by atoms with Gasteiger partial charge in [0.1, 0.15) is 0 Å². The molecule has 10 heavy (non-hydrogen) atoms. The molecule has 1 unspecified atom stereocenters. The van der Waals surface area contributed by atoms with Crippen LogP contribution in [-0.4, -0.2) is 30.1 Å². The van der Waals surface area contributed by atoms with Crippen molar-refractivity contribution in [2.24, 2.45) is 5.92 Å². The molecule has 4 heteroatoms. The summed E-state index contributed by atoms with van der Waals surface area (Å²) >= 11 is 0. The second-order valence-corrected chi connectivity index (χ2v) is 2.23. The first-order chi connectivity index (χ1) is 4.72. The molecule has 4 nitrogen and oxygen atoms in total. The van der Waals surface area contributed by atoms with Gasteiger partial charge in [-0.15, -0.1) is 0 Å². The van der Waals surface area contributed by atoms with Gasteiger partial charge < -0.3 is 9.84 Å². The van der Waals surface area contributed by atoms with Crippen LogP contribution >= 0.6 is 0 Å². The minimum atomic E-state index is -1.35. The summed E-state index contributed by atoms with van der Waals surface area (Å²) in [5.74, 6) is -2.48. The third-order valence-electron chi connectivity index (χ3n) is 1.51. The lowest BCUT2D eigenvalue weighted by Crippen LogP contribution is -2.23. The van der Waals surface area contributed by atoms with Gasteiger partial charge in [-0.05, 0) is 6.42 Å². The van der Waals surface area contributed by atoms with Gasteiger partial charge in [-0.25, -0.2) is 4.79 Å². The summed E-state index contributed by atoms with van der Waals surface area (Å²) in [6.45, 7) is 0.773. The Balaban J connectivity index is 2.48. The van der Waals surface area contributed by atoms with E-state index in [1.54, 1.807) is 0 Å². The van der Waals surface area contributed by atoms with E-state index in [9.17, 15) is 9.59 Å². The molecule has 1 saturated heterocycles. The molecule has 1 heterocycles. The molecule has 56 valence electrons. The normalized spacial score (nSPS) is 24.6. The third-order valence-corrected chi connectivity index (χ3v) is 1.51. The molecule has 1 rings (SSSR count). The van der Waals surface area contributed by atoms with Gasteiger partial charge in [0, 0.05) is 6.61 Å². The number of carboxylic acid groups (broad SMARTS) is 1. The first-order valence-corrected chi connectivity index (χ1v) is 3.06. The lowest BCUT2D eigenvalue weighted by molar-refractivity contribution is -0.151. The van der Waals surface area contributed by atoms with Gasteiger partial charge in [-0.1, -0.05) is 0 Å². The fraction of sp³-hybridized carbons (Fsp3) is 0.667. The Hall–Kier alpha value is -0.900. The Morgan fingerprint density at radius 3 is 2.60 bits per heavy atom. The van der Waals surface area contributed by atoms with Gasteiger partial charge in [0.25, 0.3) is 0 Å². The van der Waals surface area contributed by atoms with Gasteiger partial charge >= 0.3 is 5.97 Å². The van der Waals surface area contributed by atoms with Crippen LogP contribution < -0.4 is 0 Å². The van der Waals surface area contributed by atoms with Crippen LogP contribution in [-0.2, 0) is 14.3 Å². The Morgan fingerprint density at radius 1 is 1.50 bits per heavy atom. The summed E-state index contributed by atoms with van der Waals surface area (Å²) in [4.78, 5) is 20.7. The van der Waals surface area contributed by atoms with Crippen molar-refractivity contribution in [2.45, 2.75) is 6.42 Å². The first kappa shape index (κ1) is 7.21. The van der Waals surface area contributed by atoms with E-state index in [1.807, 2.05) is 0 Å². The number of carbonyl (C=O) groups excluding carboxylic acids is 1. The first-order valence-electron chi connectivity index (χ1n) is 3.06. The SMILES string of the molecule is O=C(O)C(=O)C1CCOC1. The molecule has 0 aromatic carbocycles. The van der Waals surface area contributed by atoms with E-state index in [-0.39, 0.29) is 6.61 Å².